The molecule has 3 N–H and O–H groups in total. The van der Waals surface area contributed by atoms with Gasteiger partial charge in [0.05, 0.1) is 18.1 Å². The zero-order valence-electron chi connectivity index (χ0n) is 18.7. The number of anilines is 2. The topological polar surface area (TPSA) is 107 Å². The molecule has 1 saturated heterocycles. The van der Waals surface area contributed by atoms with Gasteiger partial charge < -0.3 is 15.8 Å². The summed E-state index contributed by atoms with van der Waals surface area (Å²) in [4.78, 5) is 15.6. The summed E-state index contributed by atoms with van der Waals surface area (Å²) in [5.74, 6) is 1.13. The molecule has 0 bridgehead atoms. The molecule has 5 rings (SSSR count). The summed E-state index contributed by atoms with van der Waals surface area (Å²) in [6, 6.07) is 12.7. The lowest BCUT2D eigenvalue weighted by molar-refractivity contribution is 0.282. The predicted octanol–water partition coefficient (Wildman–Crippen LogP) is 3.07. The van der Waals surface area contributed by atoms with E-state index in [2.05, 4.69) is 54.5 Å². The van der Waals surface area contributed by atoms with Crippen LogP contribution >= 0.6 is 0 Å². The highest BCUT2D eigenvalue weighted by atomic mass is 16.5. The first-order valence-corrected chi connectivity index (χ1v) is 11.2. The summed E-state index contributed by atoms with van der Waals surface area (Å²) >= 11 is 0. The number of nitrogens with zero attached hydrogens (tertiary/aromatic N) is 6. The number of fused-ring (bicyclic) bond motifs is 1. The predicted molar refractivity (Wildman–Crippen MR) is 128 cm³/mol. The van der Waals surface area contributed by atoms with Gasteiger partial charge in [-0.2, -0.15) is 15.1 Å². The summed E-state index contributed by atoms with van der Waals surface area (Å²) in [5.41, 5.74) is 10.3. The Morgan fingerprint density at radius 3 is 2.52 bits per heavy atom. The maximum absolute atomic E-state index is 6.17. The van der Waals surface area contributed by atoms with Crippen molar-refractivity contribution in [2.45, 2.75) is 32.5 Å². The van der Waals surface area contributed by atoms with E-state index in [1.54, 1.807) is 12.4 Å². The monoisotopic (exact) mass is 444 g/mol. The first kappa shape index (κ1) is 21.1. The minimum Gasteiger partial charge on any atom is -0.458 e. The van der Waals surface area contributed by atoms with Crippen molar-refractivity contribution in [1.82, 2.24) is 29.6 Å². The second-order valence-electron chi connectivity index (χ2n) is 8.32. The Morgan fingerprint density at radius 2 is 1.76 bits per heavy atom. The largest absolute Gasteiger partial charge is 0.458 e. The number of rotatable bonds is 8. The van der Waals surface area contributed by atoms with Crippen LogP contribution in [0.25, 0.3) is 11.0 Å². The molecule has 0 unspecified atom stereocenters. The Morgan fingerprint density at radius 1 is 1.00 bits per heavy atom. The van der Waals surface area contributed by atoms with Gasteiger partial charge in [-0.25, -0.2) is 9.67 Å². The third-order valence-electron chi connectivity index (χ3n) is 5.91. The number of benzene rings is 1. The summed E-state index contributed by atoms with van der Waals surface area (Å²) in [6.07, 6.45) is 6.05. The molecule has 0 saturated carbocycles. The van der Waals surface area contributed by atoms with Gasteiger partial charge >= 0.3 is 6.01 Å². The molecule has 170 valence electrons. The smallest absolute Gasteiger partial charge is 0.320 e. The maximum atomic E-state index is 6.17. The van der Waals surface area contributed by atoms with Crippen molar-refractivity contribution in [2.24, 2.45) is 0 Å². The maximum Gasteiger partial charge on any atom is 0.320 e. The second kappa shape index (κ2) is 9.41. The van der Waals surface area contributed by atoms with Crippen LogP contribution in [0.4, 0.5) is 11.6 Å². The number of ether oxygens (including phenoxy) is 1. The van der Waals surface area contributed by atoms with Crippen molar-refractivity contribution >= 4 is 22.7 Å². The third-order valence-corrected chi connectivity index (χ3v) is 5.91. The van der Waals surface area contributed by atoms with Crippen LogP contribution in [0, 0.1) is 0 Å². The van der Waals surface area contributed by atoms with Gasteiger partial charge in [0, 0.05) is 19.8 Å². The molecule has 9 nitrogen and oxygen atoms in total. The minimum atomic E-state index is 0.227. The molecule has 3 aromatic heterocycles. The van der Waals surface area contributed by atoms with E-state index in [1.165, 1.54) is 31.5 Å². The van der Waals surface area contributed by atoms with Crippen LogP contribution in [0.2, 0.25) is 0 Å². The van der Waals surface area contributed by atoms with Crippen LogP contribution < -0.4 is 15.8 Å². The van der Waals surface area contributed by atoms with E-state index in [0.29, 0.717) is 24.6 Å². The molecule has 4 aromatic rings. The van der Waals surface area contributed by atoms with Crippen molar-refractivity contribution in [3.63, 3.8) is 0 Å². The van der Waals surface area contributed by atoms with Crippen molar-refractivity contribution in [3.05, 3.63) is 65.5 Å². The molecule has 0 amide bonds. The summed E-state index contributed by atoms with van der Waals surface area (Å²) < 4.78 is 7.67. The lowest BCUT2D eigenvalue weighted by Gasteiger charge is -2.14. The molecular formula is C24H28N8O. The van der Waals surface area contributed by atoms with Crippen molar-refractivity contribution in [2.75, 3.05) is 31.2 Å². The highest BCUT2D eigenvalue weighted by molar-refractivity contribution is 5.85. The van der Waals surface area contributed by atoms with Crippen molar-refractivity contribution in [3.8, 4) is 6.01 Å². The fourth-order valence-corrected chi connectivity index (χ4v) is 4.11. The fourth-order valence-electron chi connectivity index (χ4n) is 4.11. The van der Waals surface area contributed by atoms with Gasteiger partial charge in [0.25, 0.3) is 0 Å². The molecular weight excluding hydrogens is 416 g/mol. The first-order valence-electron chi connectivity index (χ1n) is 11.2. The van der Waals surface area contributed by atoms with E-state index >= 15 is 0 Å². The number of pyridine rings is 1. The van der Waals surface area contributed by atoms with Gasteiger partial charge in [0.15, 0.2) is 5.65 Å². The standard InChI is InChI=1S/C24H28N8O/c1-26-21-12-19(8-9-27-21)16-33-24-29-22(25)20-13-28-32(23(20)30-24)15-18-6-4-17(5-7-18)14-31-10-2-3-11-31/h4-9,12-13H,2-3,10-11,14-16H2,1H3,(H,26,27)(H2,25,29,30). The van der Waals surface area contributed by atoms with E-state index in [-0.39, 0.29) is 6.01 Å². The van der Waals surface area contributed by atoms with E-state index in [9.17, 15) is 0 Å². The van der Waals surface area contributed by atoms with E-state index in [0.717, 1.165) is 28.9 Å². The van der Waals surface area contributed by atoms with Gasteiger partial charge in [-0.05, 0) is 54.8 Å². The number of nitrogen functional groups attached to an aromatic ring is 1. The molecule has 1 fully saturated rings. The van der Waals surface area contributed by atoms with Gasteiger partial charge in [-0.3, -0.25) is 4.90 Å². The molecule has 9 heteroatoms. The Kier molecular flexibility index (Phi) is 6.03. The number of likely N-dealkylation sites (tertiary alicyclic amines) is 1. The minimum absolute atomic E-state index is 0.227. The molecule has 33 heavy (non-hydrogen) atoms. The second-order valence-corrected chi connectivity index (χ2v) is 8.32. The molecule has 1 aliphatic rings. The van der Waals surface area contributed by atoms with Gasteiger partial charge in [0.1, 0.15) is 18.2 Å². The van der Waals surface area contributed by atoms with Crippen LogP contribution in [-0.2, 0) is 19.7 Å². The molecule has 0 radical (unpaired) electrons. The van der Waals surface area contributed by atoms with Crippen LogP contribution in [0.15, 0.2) is 48.8 Å². The number of aromatic nitrogens is 5. The van der Waals surface area contributed by atoms with Crippen LogP contribution in [0.3, 0.4) is 0 Å². The first-order chi connectivity index (χ1) is 16.2. The molecule has 1 aliphatic heterocycles. The molecule has 4 heterocycles. The zero-order chi connectivity index (χ0) is 22.6. The SMILES string of the molecule is CNc1cc(COc2nc(N)c3cnn(Cc4ccc(CN5CCCC5)cc4)c3n2)ccn1. The lowest BCUT2D eigenvalue weighted by Crippen LogP contribution is -2.18. The fraction of sp³-hybridized carbons (Fsp3) is 0.333. The highest BCUT2D eigenvalue weighted by Crippen LogP contribution is 2.22. The number of nitrogens with two attached hydrogens (primary N) is 1. The number of hydrogen-bond donors (Lipinski definition) is 2. The molecule has 0 aliphatic carbocycles. The normalized spacial score (nSPS) is 14.1. The average Bonchev–Trinajstić information content (AvgIpc) is 3.50. The lowest BCUT2D eigenvalue weighted by atomic mass is 10.1. The summed E-state index contributed by atoms with van der Waals surface area (Å²) in [6.45, 7) is 4.32. The van der Waals surface area contributed by atoms with Crippen molar-refractivity contribution < 1.29 is 4.74 Å². The average molecular weight is 445 g/mol. The van der Waals surface area contributed by atoms with Crippen LogP contribution in [-0.4, -0.2) is 49.8 Å². The highest BCUT2D eigenvalue weighted by Gasteiger charge is 2.14. The molecule has 1 aromatic carbocycles. The summed E-state index contributed by atoms with van der Waals surface area (Å²) in [7, 11) is 1.83. The van der Waals surface area contributed by atoms with Crippen LogP contribution in [0.1, 0.15) is 29.5 Å². The third kappa shape index (κ3) is 4.88. The van der Waals surface area contributed by atoms with E-state index in [4.69, 9.17) is 10.5 Å². The van der Waals surface area contributed by atoms with Gasteiger partial charge in [0.2, 0.25) is 0 Å². The molecule has 0 atom stereocenters. The van der Waals surface area contributed by atoms with E-state index in [1.807, 2.05) is 23.9 Å². The summed E-state index contributed by atoms with van der Waals surface area (Å²) in [5, 5.41) is 8.23. The zero-order valence-corrected chi connectivity index (χ0v) is 18.7. The number of hydrogen-bond acceptors (Lipinski definition) is 8. The Hall–Kier alpha value is -3.72. The van der Waals surface area contributed by atoms with Crippen molar-refractivity contribution in [1.29, 1.82) is 0 Å². The van der Waals surface area contributed by atoms with E-state index < -0.39 is 0 Å². The number of nitrogens with one attached hydrogen (secondary N) is 1. The van der Waals surface area contributed by atoms with Crippen LogP contribution in [0.5, 0.6) is 6.01 Å². The molecule has 0 spiro atoms. The Bertz CT molecular complexity index is 1230. The Labute approximate surface area is 192 Å². The van der Waals surface area contributed by atoms with Gasteiger partial charge in [-0.15, -0.1) is 0 Å². The quantitative estimate of drug-likeness (QED) is 0.427. The Balaban J connectivity index is 1.30. The van der Waals surface area contributed by atoms with Gasteiger partial charge in [-0.1, -0.05) is 24.3 Å².